The number of hydrazine groups is 1. The number of nitrogens with zero attached hydrogens (tertiary/aromatic N) is 1. The molecule has 2 aromatic rings. The molecule has 0 radical (unpaired) electrons. The highest BCUT2D eigenvalue weighted by molar-refractivity contribution is 9.10. The van der Waals surface area contributed by atoms with Crippen LogP contribution in [0.2, 0.25) is 0 Å². The Hall–Kier alpha value is -2.74. The Bertz CT molecular complexity index is 874. The van der Waals surface area contributed by atoms with Gasteiger partial charge in [0.15, 0.2) is 0 Å². The third-order valence-corrected chi connectivity index (χ3v) is 4.53. The van der Waals surface area contributed by atoms with Crippen molar-refractivity contribution in [3.8, 4) is 0 Å². The largest absolute Gasteiger partial charge is 0.312 e. The molecular formula is C18H15BrFN3O3. The minimum absolute atomic E-state index is 0.0356. The van der Waals surface area contributed by atoms with E-state index in [0.29, 0.717) is 5.69 Å². The molecule has 26 heavy (non-hydrogen) atoms. The average molecular weight is 420 g/mol. The molecule has 1 heterocycles. The van der Waals surface area contributed by atoms with E-state index in [1.165, 1.54) is 23.1 Å². The number of hydrogen-bond acceptors (Lipinski definition) is 3. The van der Waals surface area contributed by atoms with E-state index in [1.54, 1.807) is 18.2 Å². The first kappa shape index (κ1) is 18.1. The van der Waals surface area contributed by atoms with Gasteiger partial charge in [-0.2, -0.15) is 0 Å². The average Bonchev–Trinajstić information content (AvgIpc) is 3.01. The fourth-order valence-corrected chi connectivity index (χ4v) is 3.10. The molecule has 2 N–H and O–H groups in total. The summed E-state index contributed by atoms with van der Waals surface area (Å²) in [6.07, 6.45) is 0.0356. The standard InChI is InChI=1S/C18H15BrFN3O3/c19-12-4-3-5-13(9-12)23-10-11(8-16(23)24)17(25)21-22-18(26)14-6-1-2-7-15(14)20/h1-7,9,11H,8,10H2,(H,21,25)(H,22,26). The Labute approximate surface area is 157 Å². The molecule has 1 fully saturated rings. The summed E-state index contributed by atoms with van der Waals surface area (Å²) in [7, 11) is 0. The normalized spacial score (nSPS) is 16.5. The quantitative estimate of drug-likeness (QED) is 0.749. The molecule has 0 saturated carbocycles. The number of benzene rings is 2. The second kappa shape index (κ2) is 7.65. The number of anilines is 1. The van der Waals surface area contributed by atoms with E-state index in [-0.39, 0.29) is 24.4 Å². The summed E-state index contributed by atoms with van der Waals surface area (Å²) >= 11 is 3.35. The van der Waals surface area contributed by atoms with Crippen LogP contribution in [-0.2, 0) is 9.59 Å². The first-order valence-electron chi connectivity index (χ1n) is 7.86. The van der Waals surface area contributed by atoms with Gasteiger partial charge in [0.25, 0.3) is 5.91 Å². The van der Waals surface area contributed by atoms with Gasteiger partial charge in [0.1, 0.15) is 5.82 Å². The Morgan fingerprint density at radius 1 is 1.12 bits per heavy atom. The molecule has 0 aromatic heterocycles. The first-order valence-corrected chi connectivity index (χ1v) is 8.65. The molecule has 2 aromatic carbocycles. The Morgan fingerprint density at radius 2 is 1.88 bits per heavy atom. The summed E-state index contributed by atoms with van der Waals surface area (Å²) in [6.45, 7) is 0.205. The van der Waals surface area contributed by atoms with Crippen molar-refractivity contribution in [3.63, 3.8) is 0 Å². The SMILES string of the molecule is O=C(NNC(=O)C1CC(=O)N(c2cccc(Br)c2)C1)c1ccccc1F. The van der Waals surface area contributed by atoms with Crippen LogP contribution in [0.25, 0.3) is 0 Å². The zero-order valence-corrected chi connectivity index (χ0v) is 15.1. The zero-order valence-electron chi connectivity index (χ0n) is 13.5. The highest BCUT2D eigenvalue weighted by Crippen LogP contribution is 2.27. The molecule has 3 amide bonds. The molecule has 1 aliphatic rings. The Kier molecular flexibility index (Phi) is 5.32. The van der Waals surface area contributed by atoms with Crippen molar-refractivity contribution in [3.05, 3.63) is 64.4 Å². The van der Waals surface area contributed by atoms with Crippen molar-refractivity contribution in [1.29, 1.82) is 0 Å². The van der Waals surface area contributed by atoms with Crippen molar-refractivity contribution in [2.45, 2.75) is 6.42 Å². The van der Waals surface area contributed by atoms with Crippen molar-refractivity contribution in [2.24, 2.45) is 5.92 Å². The Morgan fingerprint density at radius 3 is 2.62 bits per heavy atom. The lowest BCUT2D eigenvalue weighted by Crippen LogP contribution is -2.45. The van der Waals surface area contributed by atoms with E-state index in [4.69, 9.17) is 0 Å². The van der Waals surface area contributed by atoms with Crippen molar-refractivity contribution < 1.29 is 18.8 Å². The molecule has 1 saturated heterocycles. The monoisotopic (exact) mass is 419 g/mol. The molecule has 1 aliphatic heterocycles. The van der Waals surface area contributed by atoms with Crippen LogP contribution in [0.5, 0.6) is 0 Å². The predicted octanol–water partition coefficient (Wildman–Crippen LogP) is 2.40. The fraction of sp³-hybridized carbons (Fsp3) is 0.167. The van der Waals surface area contributed by atoms with Crippen molar-refractivity contribution >= 4 is 39.3 Å². The first-order chi connectivity index (χ1) is 12.5. The van der Waals surface area contributed by atoms with Gasteiger partial charge < -0.3 is 4.90 Å². The molecule has 6 nitrogen and oxygen atoms in total. The van der Waals surface area contributed by atoms with Crippen LogP contribution < -0.4 is 15.8 Å². The molecule has 0 bridgehead atoms. The highest BCUT2D eigenvalue weighted by atomic mass is 79.9. The lowest BCUT2D eigenvalue weighted by atomic mass is 10.1. The van der Waals surface area contributed by atoms with Gasteiger partial charge in [0, 0.05) is 23.1 Å². The van der Waals surface area contributed by atoms with E-state index in [2.05, 4.69) is 26.8 Å². The summed E-state index contributed by atoms with van der Waals surface area (Å²) in [5.41, 5.74) is 4.95. The van der Waals surface area contributed by atoms with E-state index in [9.17, 15) is 18.8 Å². The molecule has 3 rings (SSSR count). The molecule has 134 valence electrons. The van der Waals surface area contributed by atoms with Crippen LogP contribution in [0, 0.1) is 11.7 Å². The van der Waals surface area contributed by atoms with Gasteiger partial charge in [-0.15, -0.1) is 0 Å². The maximum atomic E-state index is 13.6. The number of halogens is 2. The zero-order chi connectivity index (χ0) is 18.7. The minimum Gasteiger partial charge on any atom is -0.312 e. The lowest BCUT2D eigenvalue weighted by molar-refractivity contribution is -0.126. The van der Waals surface area contributed by atoms with Gasteiger partial charge in [-0.3, -0.25) is 25.2 Å². The van der Waals surface area contributed by atoms with Crippen molar-refractivity contribution in [1.82, 2.24) is 10.9 Å². The van der Waals surface area contributed by atoms with E-state index < -0.39 is 23.5 Å². The molecule has 1 atom stereocenters. The van der Waals surface area contributed by atoms with Gasteiger partial charge in [-0.05, 0) is 30.3 Å². The summed E-state index contributed by atoms with van der Waals surface area (Å²) in [4.78, 5) is 37.9. The third-order valence-electron chi connectivity index (χ3n) is 4.03. The van der Waals surface area contributed by atoms with E-state index >= 15 is 0 Å². The van der Waals surface area contributed by atoms with Gasteiger partial charge in [-0.1, -0.05) is 34.1 Å². The topological polar surface area (TPSA) is 78.5 Å². The van der Waals surface area contributed by atoms with E-state index in [0.717, 1.165) is 10.5 Å². The summed E-state index contributed by atoms with van der Waals surface area (Å²) in [5.74, 6) is -2.73. The van der Waals surface area contributed by atoms with Gasteiger partial charge in [0.2, 0.25) is 11.8 Å². The van der Waals surface area contributed by atoms with Gasteiger partial charge >= 0.3 is 0 Å². The number of carbonyl (C=O) groups is 3. The minimum atomic E-state index is -0.760. The van der Waals surface area contributed by atoms with Crippen LogP contribution in [-0.4, -0.2) is 24.3 Å². The molecule has 0 aliphatic carbocycles. The number of nitrogens with one attached hydrogen (secondary N) is 2. The summed E-state index contributed by atoms with van der Waals surface area (Å²) in [6, 6.07) is 12.7. The fourth-order valence-electron chi connectivity index (χ4n) is 2.71. The van der Waals surface area contributed by atoms with Crippen molar-refractivity contribution in [2.75, 3.05) is 11.4 Å². The molecule has 0 spiro atoms. The lowest BCUT2D eigenvalue weighted by Gasteiger charge is -2.17. The molecule has 8 heteroatoms. The van der Waals surface area contributed by atoms with E-state index in [1.807, 2.05) is 6.07 Å². The van der Waals surface area contributed by atoms with Crippen LogP contribution in [0.4, 0.5) is 10.1 Å². The van der Waals surface area contributed by atoms with Crippen LogP contribution in [0.15, 0.2) is 53.0 Å². The number of amides is 3. The van der Waals surface area contributed by atoms with Crippen LogP contribution in [0.1, 0.15) is 16.8 Å². The molecule has 1 unspecified atom stereocenters. The van der Waals surface area contributed by atoms with Gasteiger partial charge in [0.05, 0.1) is 11.5 Å². The summed E-state index contributed by atoms with van der Waals surface area (Å²) in [5, 5.41) is 0. The maximum absolute atomic E-state index is 13.6. The smallest absolute Gasteiger partial charge is 0.272 e. The van der Waals surface area contributed by atoms with Crippen LogP contribution >= 0.6 is 15.9 Å². The number of hydrogen-bond donors (Lipinski definition) is 2. The number of rotatable bonds is 3. The van der Waals surface area contributed by atoms with Crippen LogP contribution in [0.3, 0.4) is 0 Å². The second-order valence-electron chi connectivity index (χ2n) is 5.81. The summed E-state index contributed by atoms with van der Waals surface area (Å²) < 4.78 is 14.4. The van der Waals surface area contributed by atoms with Gasteiger partial charge in [-0.25, -0.2) is 4.39 Å². The third kappa shape index (κ3) is 3.91. The highest BCUT2D eigenvalue weighted by Gasteiger charge is 2.35. The molecular weight excluding hydrogens is 405 g/mol. The second-order valence-corrected chi connectivity index (χ2v) is 6.72. The Balaban J connectivity index is 1.60. The maximum Gasteiger partial charge on any atom is 0.272 e. The predicted molar refractivity (Wildman–Crippen MR) is 96.6 cm³/mol. The number of carbonyl (C=O) groups excluding carboxylic acids is 3.